The Balaban J connectivity index is 2.99. The van der Waals surface area contributed by atoms with Crippen molar-refractivity contribution in [2.45, 2.75) is 6.92 Å². The maximum absolute atomic E-state index is 10.5. The number of aromatic nitrogens is 2. The maximum Gasteiger partial charge on any atom is 0.337 e. The minimum absolute atomic E-state index is 0.238. The highest BCUT2D eigenvalue weighted by atomic mass is 16.4. The van der Waals surface area contributed by atoms with E-state index in [0.29, 0.717) is 5.69 Å². The fourth-order valence-electron chi connectivity index (χ4n) is 0.797. The van der Waals surface area contributed by atoms with Crippen molar-refractivity contribution >= 4 is 11.5 Å². The van der Waals surface area contributed by atoms with E-state index in [2.05, 4.69) is 9.97 Å². The van der Waals surface area contributed by atoms with Crippen LogP contribution in [0.4, 0.5) is 0 Å². The number of aromatic amines is 1. The van der Waals surface area contributed by atoms with Gasteiger partial charge in [0.15, 0.2) is 0 Å². The number of H-pyrrole nitrogens is 1. The van der Waals surface area contributed by atoms with Crippen LogP contribution in [0.3, 0.4) is 0 Å². The molecule has 1 aromatic rings. The van der Waals surface area contributed by atoms with Crippen LogP contribution in [0.1, 0.15) is 12.6 Å². The van der Waals surface area contributed by atoms with E-state index >= 15 is 0 Å². The molecule has 0 bridgehead atoms. The molecular weight excluding hydrogens is 144 g/mol. The summed E-state index contributed by atoms with van der Waals surface area (Å²) in [6.45, 7) is 1.67. The van der Waals surface area contributed by atoms with Crippen molar-refractivity contribution < 1.29 is 9.90 Å². The SMILES string of the molecule is C/C=C(/C(=O)O)c1cnc[nH]1. The number of carboxylic acid groups (broad SMARTS) is 1. The van der Waals surface area contributed by atoms with Crippen LogP contribution in [-0.4, -0.2) is 21.0 Å². The molecule has 0 aliphatic rings. The third-order valence-electron chi connectivity index (χ3n) is 1.31. The first-order chi connectivity index (χ1) is 5.25. The van der Waals surface area contributed by atoms with Gasteiger partial charge in [0.2, 0.25) is 0 Å². The van der Waals surface area contributed by atoms with Gasteiger partial charge in [-0.25, -0.2) is 9.78 Å². The predicted octanol–water partition coefficient (Wildman–Crippen LogP) is 0.898. The summed E-state index contributed by atoms with van der Waals surface area (Å²) in [5, 5.41) is 8.63. The lowest BCUT2D eigenvalue weighted by Gasteiger charge is -1.94. The number of nitrogens with one attached hydrogen (secondary N) is 1. The number of hydrogen-bond acceptors (Lipinski definition) is 2. The van der Waals surface area contributed by atoms with Gasteiger partial charge in [0.1, 0.15) is 0 Å². The molecule has 58 valence electrons. The van der Waals surface area contributed by atoms with Gasteiger partial charge < -0.3 is 10.1 Å². The second-order valence-electron chi connectivity index (χ2n) is 1.97. The highest BCUT2D eigenvalue weighted by Crippen LogP contribution is 2.09. The summed E-state index contributed by atoms with van der Waals surface area (Å²) < 4.78 is 0. The number of aliphatic carboxylic acids is 1. The van der Waals surface area contributed by atoms with Gasteiger partial charge >= 0.3 is 5.97 Å². The van der Waals surface area contributed by atoms with Gasteiger partial charge in [-0.3, -0.25) is 0 Å². The number of imidazole rings is 1. The molecule has 0 saturated carbocycles. The molecule has 0 aliphatic heterocycles. The molecule has 0 radical (unpaired) electrons. The van der Waals surface area contributed by atoms with Crippen LogP contribution in [0.5, 0.6) is 0 Å². The average Bonchev–Trinajstić information content (AvgIpc) is 2.40. The number of hydrogen-bond donors (Lipinski definition) is 2. The van der Waals surface area contributed by atoms with E-state index < -0.39 is 5.97 Å². The Morgan fingerprint density at radius 2 is 2.55 bits per heavy atom. The van der Waals surface area contributed by atoms with Gasteiger partial charge in [-0.1, -0.05) is 6.08 Å². The lowest BCUT2D eigenvalue weighted by molar-refractivity contribution is -0.130. The van der Waals surface area contributed by atoms with Crippen molar-refractivity contribution in [3.8, 4) is 0 Å². The van der Waals surface area contributed by atoms with E-state index in [1.54, 1.807) is 6.92 Å². The lowest BCUT2D eigenvalue weighted by atomic mass is 10.2. The summed E-state index contributed by atoms with van der Waals surface area (Å²) in [6, 6.07) is 0. The van der Waals surface area contributed by atoms with Gasteiger partial charge in [-0.15, -0.1) is 0 Å². The van der Waals surface area contributed by atoms with E-state index in [1.165, 1.54) is 18.6 Å². The number of carboxylic acids is 1. The van der Waals surface area contributed by atoms with Crippen molar-refractivity contribution in [1.82, 2.24) is 9.97 Å². The number of rotatable bonds is 2. The highest BCUT2D eigenvalue weighted by molar-refractivity contribution is 6.14. The maximum atomic E-state index is 10.5. The number of carbonyl (C=O) groups is 1. The molecule has 0 aliphatic carbocycles. The van der Waals surface area contributed by atoms with E-state index in [1.807, 2.05) is 0 Å². The molecular formula is C7H8N2O2. The Kier molecular flexibility index (Phi) is 2.06. The Bertz CT molecular complexity index is 275. The van der Waals surface area contributed by atoms with Crippen LogP contribution >= 0.6 is 0 Å². The van der Waals surface area contributed by atoms with Crippen molar-refractivity contribution in [2.75, 3.05) is 0 Å². The lowest BCUT2D eigenvalue weighted by Crippen LogP contribution is -1.98. The monoisotopic (exact) mass is 152 g/mol. The first kappa shape index (κ1) is 7.53. The van der Waals surface area contributed by atoms with E-state index in [9.17, 15) is 4.79 Å². The highest BCUT2D eigenvalue weighted by Gasteiger charge is 2.08. The summed E-state index contributed by atoms with van der Waals surface area (Å²) >= 11 is 0. The Morgan fingerprint density at radius 1 is 1.82 bits per heavy atom. The first-order valence-corrected chi connectivity index (χ1v) is 3.14. The number of allylic oxidation sites excluding steroid dienone is 1. The van der Waals surface area contributed by atoms with Crippen LogP contribution in [0.2, 0.25) is 0 Å². The minimum Gasteiger partial charge on any atom is -0.478 e. The standard InChI is InChI=1S/C7H8N2O2/c1-2-5(7(10)11)6-3-8-4-9-6/h2-4H,1H3,(H,8,9)(H,10,11)/b5-2+. The molecule has 1 heterocycles. The zero-order valence-corrected chi connectivity index (χ0v) is 6.03. The molecule has 1 rings (SSSR count). The van der Waals surface area contributed by atoms with Crippen molar-refractivity contribution in [3.63, 3.8) is 0 Å². The smallest absolute Gasteiger partial charge is 0.337 e. The fourth-order valence-corrected chi connectivity index (χ4v) is 0.797. The molecule has 11 heavy (non-hydrogen) atoms. The molecule has 1 aromatic heterocycles. The Hall–Kier alpha value is -1.58. The molecule has 4 heteroatoms. The molecule has 0 atom stereocenters. The molecule has 0 spiro atoms. The topological polar surface area (TPSA) is 66.0 Å². The van der Waals surface area contributed by atoms with Crippen molar-refractivity contribution in [3.05, 3.63) is 24.3 Å². The van der Waals surface area contributed by atoms with Crippen LogP contribution in [-0.2, 0) is 4.79 Å². The molecule has 0 amide bonds. The van der Waals surface area contributed by atoms with Gasteiger partial charge in [0.05, 0.1) is 23.8 Å². The zero-order chi connectivity index (χ0) is 8.27. The molecule has 4 nitrogen and oxygen atoms in total. The van der Waals surface area contributed by atoms with Crippen molar-refractivity contribution in [1.29, 1.82) is 0 Å². The average molecular weight is 152 g/mol. The molecule has 0 aromatic carbocycles. The predicted molar refractivity (Wildman–Crippen MR) is 39.9 cm³/mol. The second kappa shape index (κ2) is 3.01. The van der Waals surface area contributed by atoms with Gasteiger partial charge in [-0.05, 0) is 6.92 Å². The van der Waals surface area contributed by atoms with E-state index in [0.717, 1.165) is 0 Å². The van der Waals surface area contributed by atoms with Gasteiger partial charge in [0, 0.05) is 0 Å². The van der Waals surface area contributed by atoms with Crippen LogP contribution < -0.4 is 0 Å². The molecule has 2 N–H and O–H groups in total. The van der Waals surface area contributed by atoms with Gasteiger partial charge in [0.25, 0.3) is 0 Å². The summed E-state index contributed by atoms with van der Waals surface area (Å²) in [7, 11) is 0. The summed E-state index contributed by atoms with van der Waals surface area (Å²) in [5.74, 6) is -0.947. The molecule has 0 unspecified atom stereocenters. The third-order valence-corrected chi connectivity index (χ3v) is 1.31. The van der Waals surface area contributed by atoms with E-state index in [4.69, 9.17) is 5.11 Å². The number of nitrogens with zero attached hydrogens (tertiary/aromatic N) is 1. The minimum atomic E-state index is -0.947. The summed E-state index contributed by atoms with van der Waals surface area (Å²) in [5.41, 5.74) is 0.766. The zero-order valence-electron chi connectivity index (χ0n) is 6.03. The molecule has 0 saturated heterocycles. The quantitative estimate of drug-likeness (QED) is 0.618. The third kappa shape index (κ3) is 1.46. The summed E-state index contributed by atoms with van der Waals surface area (Å²) in [4.78, 5) is 16.9. The fraction of sp³-hybridized carbons (Fsp3) is 0.143. The Morgan fingerprint density at radius 3 is 2.91 bits per heavy atom. The largest absolute Gasteiger partial charge is 0.478 e. The Labute approximate surface area is 63.6 Å². The summed E-state index contributed by atoms with van der Waals surface area (Å²) in [6.07, 6.45) is 4.45. The first-order valence-electron chi connectivity index (χ1n) is 3.14. The van der Waals surface area contributed by atoms with Gasteiger partial charge in [-0.2, -0.15) is 0 Å². The van der Waals surface area contributed by atoms with Crippen LogP contribution in [0.15, 0.2) is 18.6 Å². The van der Waals surface area contributed by atoms with Crippen LogP contribution in [0, 0.1) is 0 Å². The normalized spacial score (nSPS) is 11.5. The van der Waals surface area contributed by atoms with E-state index in [-0.39, 0.29) is 5.57 Å². The second-order valence-corrected chi connectivity index (χ2v) is 1.97. The molecule has 0 fully saturated rings. The van der Waals surface area contributed by atoms with Crippen LogP contribution in [0.25, 0.3) is 5.57 Å². The van der Waals surface area contributed by atoms with Crippen molar-refractivity contribution in [2.24, 2.45) is 0 Å².